The van der Waals surface area contributed by atoms with Crippen molar-refractivity contribution < 1.29 is 22.8 Å². The fourth-order valence-electron chi connectivity index (χ4n) is 2.26. The van der Waals surface area contributed by atoms with Crippen LogP contribution in [0.4, 0.5) is 13.2 Å². The average molecular weight is 350 g/mol. The van der Waals surface area contributed by atoms with Crippen LogP contribution in [0.2, 0.25) is 0 Å². The smallest absolute Gasteiger partial charge is 0.368 e. The molecular formula is C18H17F3N2O2. The van der Waals surface area contributed by atoms with Crippen LogP contribution >= 0.6 is 0 Å². The number of hydrogen-bond acceptors (Lipinski definition) is 2. The molecule has 0 aliphatic carbocycles. The summed E-state index contributed by atoms with van der Waals surface area (Å²) in [6, 6.07) is 10.2. The number of nitrogens with one attached hydrogen (secondary N) is 1. The quantitative estimate of drug-likeness (QED) is 0.870. The summed E-state index contributed by atoms with van der Waals surface area (Å²) in [5.41, 5.74) is 5.99. The van der Waals surface area contributed by atoms with Crippen LogP contribution in [-0.4, -0.2) is 17.9 Å². The third-order valence-electron chi connectivity index (χ3n) is 3.66. The second kappa shape index (κ2) is 7.38. The Labute approximate surface area is 142 Å². The van der Waals surface area contributed by atoms with E-state index in [1.54, 1.807) is 12.1 Å². The molecule has 0 saturated carbocycles. The van der Waals surface area contributed by atoms with Gasteiger partial charge in [-0.05, 0) is 30.7 Å². The van der Waals surface area contributed by atoms with Crippen LogP contribution in [0.15, 0.2) is 48.5 Å². The molecule has 0 aliphatic rings. The normalized spacial score (nSPS) is 12.5. The third kappa shape index (κ3) is 5.07. The molecule has 0 saturated heterocycles. The number of aryl methyl sites for hydroxylation is 1. The Morgan fingerprint density at radius 3 is 2.32 bits per heavy atom. The van der Waals surface area contributed by atoms with E-state index in [-0.39, 0.29) is 12.0 Å². The molecule has 2 aromatic carbocycles. The first kappa shape index (κ1) is 18.5. The van der Waals surface area contributed by atoms with Crippen molar-refractivity contribution in [2.75, 3.05) is 0 Å². The van der Waals surface area contributed by atoms with E-state index in [9.17, 15) is 22.8 Å². The molecule has 0 bridgehead atoms. The number of hydrogen-bond donors (Lipinski definition) is 2. The first-order chi connectivity index (χ1) is 11.7. The number of halogens is 3. The predicted molar refractivity (Wildman–Crippen MR) is 86.8 cm³/mol. The van der Waals surface area contributed by atoms with Crippen LogP contribution in [0.5, 0.6) is 0 Å². The number of carbonyl (C=O) groups excluding carboxylic acids is 2. The van der Waals surface area contributed by atoms with E-state index < -0.39 is 29.6 Å². The Balaban J connectivity index is 2.15. The average Bonchev–Trinajstić information content (AvgIpc) is 2.55. The van der Waals surface area contributed by atoms with E-state index in [1.165, 1.54) is 6.07 Å². The minimum absolute atomic E-state index is 0.153. The molecule has 4 nitrogen and oxygen atoms in total. The SMILES string of the molecule is Cc1ccc(C[C@H](NC(=O)c2cccc(C(F)(F)F)c2)C(N)=O)cc1. The van der Waals surface area contributed by atoms with Gasteiger partial charge in [-0.1, -0.05) is 35.9 Å². The van der Waals surface area contributed by atoms with Gasteiger partial charge in [-0.3, -0.25) is 9.59 Å². The van der Waals surface area contributed by atoms with Crippen molar-refractivity contribution in [2.45, 2.75) is 25.6 Å². The molecule has 0 aliphatic heterocycles. The highest BCUT2D eigenvalue weighted by Crippen LogP contribution is 2.29. The van der Waals surface area contributed by atoms with Crippen molar-refractivity contribution in [1.82, 2.24) is 5.32 Å². The van der Waals surface area contributed by atoms with Crippen molar-refractivity contribution >= 4 is 11.8 Å². The van der Waals surface area contributed by atoms with Gasteiger partial charge < -0.3 is 11.1 Å². The molecule has 3 N–H and O–H groups in total. The van der Waals surface area contributed by atoms with Crippen molar-refractivity contribution in [1.29, 1.82) is 0 Å². The van der Waals surface area contributed by atoms with E-state index in [0.717, 1.165) is 29.3 Å². The number of primary amides is 1. The number of benzene rings is 2. The highest BCUT2D eigenvalue weighted by Gasteiger charge is 2.31. The molecule has 0 fully saturated rings. The third-order valence-corrected chi connectivity index (χ3v) is 3.66. The molecular weight excluding hydrogens is 333 g/mol. The van der Waals surface area contributed by atoms with Crippen LogP contribution in [0, 0.1) is 6.92 Å². The summed E-state index contributed by atoms with van der Waals surface area (Å²) < 4.78 is 38.2. The highest BCUT2D eigenvalue weighted by molar-refractivity contribution is 5.97. The van der Waals surface area contributed by atoms with Crippen molar-refractivity contribution in [2.24, 2.45) is 5.73 Å². The van der Waals surface area contributed by atoms with Gasteiger partial charge in [0.05, 0.1) is 5.56 Å². The zero-order valence-corrected chi connectivity index (χ0v) is 13.4. The molecule has 132 valence electrons. The molecule has 0 unspecified atom stereocenters. The molecule has 0 heterocycles. The predicted octanol–water partition coefficient (Wildman–Crippen LogP) is 2.84. The molecule has 0 spiro atoms. The highest BCUT2D eigenvalue weighted by atomic mass is 19.4. The maximum absolute atomic E-state index is 12.7. The molecule has 0 radical (unpaired) electrons. The first-order valence-corrected chi connectivity index (χ1v) is 7.50. The number of alkyl halides is 3. The largest absolute Gasteiger partial charge is 0.416 e. The Morgan fingerprint density at radius 2 is 1.76 bits per heavy atom. The standard InChI is InChI=1S/C18H17F3N2O2/c1-11-5-7-12(8-6-11)9-15(16(22)24)23-17(25)13-3-2-4-14(10-13)18(19,20)21/h2-8,10,15H,9H2,1H3,(H2,22,24)(H,23,25)/t15-/m0/s1. The zero-order valence-electron chi connectivity index (χ0n) is 13.4. The van der Waals surface area contributed by atoms with Gasteiger partial charge in [-0.25, -0.2) is 0 Å². The zero-order chi connectivity index (χ0) is 18.6. The Kier molecular flexibility index (Phi) is 5.46. The van der Waals surface area contributed by atoms with E-state index in [0.29, 0.717) is 0 Å². The van der Waals surface area contributed by atoms with Gasteiger partial charge in [0.2, 0.25) is 5.91 Å². The molecule has 25 heavy (non-hydrogen) atoms. The lowest BCUT2D eigenvalue weighted by Gasteiger charge is -2.16. The van der Waals surface area contributed by atoms with Gasteiger partial charge in [0.15, 0.2) is 0 Å². The van der Waals surface area contributed by atoms with Gasteiger partial charge in [-0.2, -0.15) is 13.2 Å². The van der Waals surface area contributed by atoms with E-state index in [2.05, 4.69) is 5.32 Å². The number of amides is 2. The summed E-state index contributed by atoms with van der Waals surface area (Å²) in [7, 11) is 0. The second-order valence-corrected chi connectivity index (χ2v) is 5.70. The van der Waals surface area contributed by atoms with Crippen LogP contribution in [0.25, 0.3) is 0 Å². The van der Waals surface area contributed by atoms with Crippen molar-refractivity contribution in [3.8, 4) is 0 Å². The topological polar surface area (TPSA) is 72.2 Å². The van der Waals surface area contributed by atoms with Gasteiger partial charge in [-0.15, -0.1) is 0 Å². The lowest BCUT2D eigenvalue weighted by atomic mass is 10.0. The Hall–Kier alpha value is -2.83. The lowest BCUT2D eigenvalue weighted by molar-refractivity contribution is -0.137. The summed E-state index contributed by atoms with van der Waals surface area (Å²) in [6.45, 7) is 1.91. The van der Waals surface area contributed by atoms with Crippen LogP contribution in [0.3, 0.4) is 0 Å². The molecule has 1 atom stereocenters. The van der Waals surface area contributed by atoms with Crippen molar-refractivity contribution in [3.63, 3.8) is 0 Å². The Bertz CT molecular complexity index is 771. The van der Waals surface area contributed by atoms with Crippen LogP contribution in [0.1, 0.15) is 27.0 Å². The number of carbonyl (C=O) groups is 2. The minimum atomic E-state index is -4.55. The summed E-state index contributed by atoms with van der Waals surface area (Å²) >= 11 is 0. The van der Waals surface area contributed by atoms with Crippen molar-refractivity contribution in [3.05, 3.63) is 70.8 Å². The Morgan fingerprint density at radius 1 is 1.12 bits per heavy atom. The van der Waals surface area contributed by atoms with E-state index in [4.69, 9.17) is 5.73 Å². The summed E-state index contributed by atoms with van der Waals surface area (Å²) in [5.74, 6) is -1.55. The molecule has 2 aromatic rings. The molecule has 2 rings (SSSR count). The van der Waals surface area contributed by atoms with Gasteiger partial charge in [0, 0.05) is 12.0 Å². The van der Waals surface area contributed by atoms with Crippen LogP contribution in [-0.2, 0) is 17.4 Å². The first-order valence-electron chi connectivity index (χ1n) is 7.50. The molecule has 0 aromatic heterocycles. The monoisotopic (exact) mass is 350 g/mol. The summed E-state index contributed by atoms with van der Waals surface area (Å²) in [6.07, 6.45) is -4.40. The lowest BCUT2D eigenvalue weighted by Crippen LogP contribution is -2.45. The number of rotatable bonds is 5. The maximum atomic E-state index is 12.7. The fraction of sp³-hybridized carbons (Fsp3) is 0.222. The summed E-state index contributed by atoms with van der Waals surface area (Å²) in [4.78, 5) is 23.8. The fourth-order valence-corrected chi connectivity index (χ4v) is 2.26. The number of nitrogens with two attached hydrogens (primary N) is 1. The molecule has 2 amide bonds. The minimum Gasteiger partial charge on any atom is -0.368 e. The van der Waals surface area contributed by atoms with Gasteiger partial charge in [0.1, 0.15) is 6.04 Å². The second-order valence-electron chi connectivity index (χ2n) is 5.70. The van der Waals surface area contributed by atoms with Gasteiger partial charge in [0.25, 0.3) is 5.91 Å². The van der Waals surface area contributed by atoms with Gasteiger partial charge >= 0.3 is 6.18 Å². The van der Waals surface area contributed by atoms with E-state index in [1.807, 2.05) is 19.1 Å². The van der Waals surface area contributed by atoms with Crippen LogP contribution < -0.4 is 11.1 Å². The maximum Gasteiger partial charge on any atom is 0.416 e. The van der Waals surface area contributed by atoms with E-state index >= 15 is 0 Å². The molecule has 7 heteroatoms. The summed E-state index contributed by atoms with van der Waals surface area (Å²) in [5, 5.41) is 2.39.